The summed E-state index contributed by atoms with van der Waals surface area (Å²) in [5.74, 6) is 1.03. The molecular weight excluding hydrogens is 380 g/mol. The number of benzene rings is 1. The van der Waals surface area contributed by atoms with Crippen LogP contribution >= 0.6 is 0 Å². The normalized spacial score (nSPS) is 20.8. The van der Waals surface area contributed by atoms with Crippen molar-refractivity contribution in [3.63, 3.8) is 0 Å². The lowest BCUT2D eigenvalue weighted by Crippen LogP contribution is -2.48. The lowest BCUT2D eigenvalue weighted by molar-refractivity contribution is -0.133. The molecule has 2 aromatic heterocycles. The third-order valence-corrected chi connectivity index (χ3v) is 6.61. The standard InChI is InChI=1S/C22H26N6O2/c23-21-24-12-15-6-9-22(20(15)26-21)8-3-10-27(14-22)19(30)7-11-28-17-5-2-1-4-16(17)25-18(28)13-29/h1-2,4-5,12,29H,3,6-11,13-14H2,(H2,23,24,26). The van der Waals surface area contributed by atoms with E-state index in [1.165, 1.54) is 0 Å². The molecule has 156 valence electrons. The SMILES string of the molecule is Nc1ncc2c(n1)C1(CCCN(C(=O)CCn3c(CO)nc4ccccc43)C1)CC2. The van der Waals surface area contributed by atoms with Gasteiger partial charge in [-0.25, -0.2) is 15.0 Å². The summed E-state index contributed by atoms with van der Waals surface area (Å²) >= 11 is 0. The van der Waals surface area contributed by atoms with Crippen molar-refractivity contribution < 1.29 is 9.90 Å². The van der Waals surface area contributed by atoms with Crippen molar-refractivity contribution >= 4 is 22.9 Å². The van der Waals surface area contributed by atoms with Gasteiger partial charge in [-0.1, -0.05) is 12.1 Å². The number of nitrogens with two attached hydrogens (primary N) is 1. The highest BCUT2D eigenvalue weighted by Crippen LogP contribution is 2.44. The highest BCUT2D eigenvalue weighted by molar-refractivity contribution is 5.78. The Kier molecular flexibility index (Phi) is 4.66. The fraction of sp³-hybridized carbons (Fsp3) is 0.455. The molecule has 3 N–H and O–H groups in total. The number of likely N-dealkylation sites (tertiary alicyclic amines) is 1. The van der Waals surface area contributed by atoms with Crippen molar-refractivity contribution in [1.82, 2.24) is 24.4 Å². The van der Waals surface area contributed by atoms with Crippen molar-refractivity contribution in [2.24, 2.45) is 0 Å². The maximum absolute atomic E-state index is 13.1. The van der Waals surface area contributed by atoms with Gasteiger partial charge in [-0.05, 0) is 43.4 Å². The van der Waals surface area contributed by atoms with Crippen LogP contribution in [0.3, 0.4) is 0 Å². The number of carbonyl (C=O) groups excluding carboxylic acids is 1. The zero-order valence-electron chi connectivity index (χ0n) is 16.9. The van der Waals surface area contributed by atoms with Gasteiger partial charge >= 0.3 is 0 Å². The Labute approximate surface area is 174 Å². The Morgan fingerprint density at radius 2 is 2.10 bits per heavy atom. The number of aliphatic hydroxyl groups excluding tert-OH is 1. The minimum Gasteiger partial charge on any atom is -0.388 e. The second-order valence-electron chi connectivity index (χ2n) is 8.38. The molecule has 1 unspecified atom stereocenters. The van der Waals surface area contributed by atoms with Crippen LogP contribution in [-0.2, 0) is 29.8 Å². The largest absolute Gasteiger partial charge is 0.388 e. The number of imidazole rings is 1. The molecule has 1 atom stereocenters. The minimum atomic E-state index is -0.145. The van der Waals surface area contributed by atoms with Crippen LogP contribution in [0.15, 0.2) is 30.5 Å². The molecule has 1 amide bonds. The van der Waals surface area contributed by atoms with Gasteiger partial charge in [0.1, 0.15) is 12.4 Å². The highest BCUT2D eigenvalue weighted by atomic mass is 16.3. The fourth-order valence-corrected chi connectivity index (χ4v) is 5.16. The molecule has 0 saturated carbocycles. The summed E-state index contributed by atoms with van der Waals surface area (Å²) in [6, 6.07) is 7.77. The summed E-state index contributed by atoms with van der Waals surface area (Å²) in [4.78, 5) is 28.3. The predicted octanol–water partition coefficient (Wildman–Crippen LogP) is 1.80. The van der Waals surface area contributed by atoms with E-state index >= 15 is 0 Å². The monoisotopic (exact) mass is 406 g/mol. The van der Waals surface area contributed by atoms with E-state index in [0.717, 1.165) is 54.5 Å². The fourth-order valence-electron chi connectivity index (χ4n) is 5.16. The second-order valence-corrected chi connectivity index (χ2v) is 8.38. The van der Waals surface area contributed by atoms with Crippen molar-refractivity contribution in [2.75, 3.05) is 18.8 Å². The van der Waals surface area contributed by atoms with Crippen LogP contribution in [0.4, 0.5) is 5.95 Å². The summed E-state index contributed by atoms with van der Waals surface area (Å²) in [7, 11) is 0. The Balaban J connectivity index is 1.33. The number of hydrogen-bond acceptors (Lipinski definition) is 6. The lowest BCUT2D eigenvalue weighted by atomic mass is 9.77. The molecule has 3 aromatic rings. The van der Waals surface area contributed by atoms with Gasteiger partial charge in [0.15, 0.2) is 0 Å². The quantitative estimate of drug-likeness (QED) is 0.684. The van der Waals surface area contributed by atoms with E-state index in [2.05, 4.69) is 15.0 Å². The molecule has 1 aliphatic carbocycles. The predicted molar refractivity (Wildman–Crippen MR) is 113 cm³/mol. The summed E-state index contributed by atoms with van der Waals surface area (Å²) < 4.78 is 1.95. The van der Waals surface area contributed by atoms with Gasteiger partial charge in [0, 0.05) is 37.7 Å². The molecule has 1 spiro atoms. The molecule has 8 nitrogen and oxygen atoms in total. The number of hydrogen-bond donors (Lipinski definition) is 2. The third kappa shape index (κ3) is 3.11. The van der Waals surface area contributed by atoms with Crippen LogP contribution in [0.2, 0.25) is 0 Å². The maximum atomic E-state index is 13.1. The number of piperidine rings is 1. The van der Waals surface area contributed by atoms with Crippen molar-refractivity contribution in [1.29, 1.82) is 0 Å². The molecule has 5 rings (SSSR count). The number of fused-ring (bicyclic) bond motifs is 3. The summed E-state index contributed by atoms with van der Waals surface area (Å²) in [5, 5.41) is 9.69. The Hall–Kier alpha value is -3.00. The third-order valence-electron chi connectivity index (χ3n) is 6.61. The molecule has 1 saturated heterocycles. The molecule has 0 bridgehead atoms. The number of aryl methyl sites for hydroxylation is 2. The smallest absolute Gasteiger partial charge is 0.224 e. The van der Waals surface area contributed by atoms with Crippen LogP contribution in [0.5, 0.6) is 0 Å². The van der Waals surface area contributed by atoms with Gasteiger partial charge in [-0.15, -0.1) is 0 Å². The molecule has 8 heteroatoms. The van der Waals surface area contributed by atoms with Crippen molar-refractivity contribution in [3.05, 3.63) is 47.5 Å². The van der Waals surface area contributed by atoms with Gasteiger partial charge in [0.25, 0.3) is 0 Å². The highest BCUT2D eigenvalue weighted by Gasteiger charge is 2.44. The van der Waals surface area contributed by atoms with Gasteiger partial charge in [-0.3, -0.25) is 4.79 Å². The second kappa shape index (κ2) is 7.36. The number of carbonyl (C=O) groups is 1. The Morgan fingerprint density at radius 1 is 1.23 bits per heavy atom. The van der Waals surface area contributed by atoms with Crippen LogP contribution in [0.25, 0.3) is 11.0 Å². The van der Waals surface area contributed by atoms with E-state index in [4.69, 9.17) is 5.73 Å². The maximum Gasteiger partial charge on any atom is 0.224 e. The van der Waals surface area contributed by atoms with E-state index in [0.29, 0.717) is 31.3 Å². The van der Waals surface area contributed by atoms with Crippen LogP contribution < -0.4 is 5.73 Å². The molecule has 1 aromatic carbocycles. The summed E-state index contributed by atoms with van der Waals surface area (Å²) in [5.41, 5.74) is 9.74. The number of aromatic nitrogens is 4. The van der Waals surface area contributed by atoms with E-state index in [1.54, 1.807) is 0 Å². The molecular formula is C22H26N6O2. The molecule has 1 fully saturated rings. The van der Waals surface area contributed by atoms with Gasteiger partial charge in [0.2, 0.25) is 11.9 Å². The average molecular weight is 406 g/mol. The van der Waals surface area contributed by atoms with Crippen LogP contribution in [0, 0.1) is 0 Å². The number of anilines is 1. The van der Waals surface area contributed by atoms with Crippen molar-refractivity contribution in [2.45, 2.75) is 50.7 Å². The Morgan fingerprint density at radius 3 is 2.97 bits per heavy atom. The van der Waals surface area contributed by atoms with Gasteiger partial charge < -0.3 is 20.3 Å². The van der Waals surface area contributed by atoms with Crippen LogP contribution in [-0.4, -0.2) is 48.5 Å². The Bertz CT molecular complexity index is 1110. The van der Waals surface area contributed by atoms with Gasteiger partial charge in [-0.2, -0.15) is 0 Å². The average Bonchev–Trinajstić information content (AvgIpc) is 3.30. The van der Waals surface area contributed by atoms with E-state index in [9.17, 15) is 9.90 Å². The zero-order chi connectivity index (χ0) is 20.7. The number of nitrogens with zero attached hydrogens (tertiary/aromatic N) is 5. The summed E-state index contributed by atoms with van der Waals surface area (Å²) in [6.45, 7) is 1.82. The number of nitrogen functional groups attached to an aromatic ring is 1. The van der Waals surface area contributed by atoms with Gasteiger partial charge in [0.05, 0.1) is 16.7 Å². The van der Waals surface area contributed by atoms with E-state index < -0.39 is 0 Å². The zero-order valence-corrected chi connectivity index (χ0v) is 16.9. The topological polar surface area (TPSA) is 110 Å². The first kappa shape index (κ1) is 19.0. The molecule has 0 radical (unpaired) electrons. The number of para-hydroxylation sites is 2. The number of aliphatic hydroxyl groups is 1. The van der Waals surface area contributed by atoms with Crippen molar-refractivity contribution in [3.8, 4) is 0 Å². The first-order valence-electron chi connectivity index (χ1n) is 10.5. The van der Waals surface area contributed by atoms with E-state index in [-0.39, 0.29) is 17.9 Å². The lowest BCUT2D eigenvalue weighted by Gasteiger charge is -2.40. The van der Waals surface area contributed by atoms with E-state index in [1.807, 2.05) is 39.9 Å². The summed E-state index contributed by atoms with van der Waals surface area (Å²) in [6.07, 6.45) is 6.14. The number of amides is 1. The molecule has 1 aliphatic heterocycles. The molecule has 3 heterocycles. The molecule has 2 aliphatic rings. The first-order valence-corrected chi connectivity index (χ1v) is 10.5. The minimum absolute atomic E-state index is 0.0989. The molecule has 30 heavy (non-hydrogen) atoms. The first-order chi connectivity index (χ1) is 14.6. The number of rotatable bonds is 4. The van der Waals surface area contributed by atoms with Crippen LogP contribution in [0.1, 0.15) is 42.8 Å².